The lowest BCUT2D eigenvalue weighted by atomic mass is 10.3. The number of nitrogens with zero attached hydrogens (tertiary/aromatic N) is 3. The van der Waals surface area contributed by atoms with E-state index in [9.17, 15) is 0 Å². The summed E-state index contributed by atoms with van der Waals surface area (Å²) in [5.74, 6) is 0.971. The van der Waals surface area contributed by atoms with Gasteiger partial charge < -0.3 is 11.1 Å². The number of aliphatic imine (C=N–C) groups is 1. The Morgan fingerprint density at radius 1 is 1.24 bits per heavy atom. The highest BCUT2D eigenvalue weighted by Gasteiger charge is 2.04. The summed E-state index contributed by atoms with van der Waals surface area (Å²) in [4.78, 5) is 12.6. The Hall–Kier alpha value is -2.66. The van der Waals surface area contributed by atoms with Crippen molar-refractivity contribution in [1.82, 2.24) is 9.97 Å². The van der Waals surface area contributed by atoms with E-state index in [1.807, 2.05) is 12.1 Å². The van der Waals surface area contributed by atoms with Gasteiger partial charge in [0.25, 0.3) is 0 Å². The summed E-state index contributed by atoms with van der Waals surface area (Å²) < 4.78 is 0. The van der Waals surface area contributed by atoms with Crippen LogP contribution in [0.3, 0.4) is 0 Å². The van der Waals surface area contributed by atoms with Crippen molar-refractivity contribution in [3.8, 4) is 0 Å². The highest BCUT2D eigenvalue weighted by Crippen LogP contribution is 2.15. The monoisotopic (exact) mass is 299 g/mol. The number of aromatic nitrogens is 2. The van der Waals surface area contributed by atoms with Gasteiger partial charge in [-0.25, -0.2) is 15.0 Å². The number of nitrogens with two attached hydrogens (primary N) is 1. The van der Waals surface area contributed by atoms with Gasteiger partial charge in [0.15, 0.2) is 5.82 Å². The zero-order valence-corrected chi connectivity index (χ0v) is 12.0. The van der Waals surface area contributed by atoms with Crippen molar-refractivity contribution in [3.05, 3.63) is 72.4 Å². The molecule has 21 heavy (non-hydrogen) atoms. The van der Waals surface area contributed by atoms with E-state index in [2.05, 4.69) is 26.9 Å². The third-order valence-corrected chi connectivity index (χ3v) is 2.76. The Kier molecular flexibility index (Phi) is 5.06. The topological polar surface area (TPSA) is 76.2 Å². The Balaban J connectivity index is 2.23. The van der Waals surface area contributed by atoms with Crippen LogP contribution in [-0.2, 0) is 0 Å². The fourth-order valence-electron chi connectivity index (χ4n) is 1.53. The quantitative estimate of drug-likeness (QED) is 0.672. The largest absolute Gasteiger partial charge is 0.403 e. The maximum absolute atomic E-state index is 5.85. The average molecular weight is 300 g/mol. The molecule has 0 saturated heterocycles. The molecule has 0 spiro atoms. The van der Waals surface area contributed by atoms with Crippen LogP contribution < -0.4 is 11.1 Å². The number of benzene rings is 1. The van der Waals surface area contributed by atoms with E-state index in [1.165, 1.54) is 6.20 Å². The first-order valence-corrected chi connectivity index (χ1v) is 6.53. The molecule has 1 aromatic carbocycles. The van der Waals surface area contributed by atoms with Crippen molar-refractivity contribution in [1.29, 1.82) is 0 Å². The predicted octanol–water partition coefficient (Wildman–Crippen LogP) is 3.08. The Morgan fingerprint density at radius 2 is 1.90 bits per heavy atom. The number of amidine groups is 1. The number of halogens is 1. The molecule has 0 amide bonds. The lowest BCUT2D eigenvalue weighted by molar-refractivity contribution is 1.10. The molecular formula is C15H14ClN5. The molecule has 2 aromatic rings. The van der Waals surface area contributed by atoms with Crippen LogP contribution in [0.4, 0.5) is 5.69 Å². The van der Waals surface area contributed by atoms with E-state index in [0.29, 0.717) is 22.4 Å². The van der Waals surface area contributed by atoms with Crippen molar-refractivity contribution in [3.63, 3.8) is 0 Å². The van der Waals surface area contributed by atoms with Gasteiger partial charge in [0.2, 0.25) is 0 Å². The van der Waals surface area contributed by atoms with E-state index in [-0.39, 0.29) is 0 Å². The summed E-state index contributed by atoms with van der Waals surface area (Å²) in [7, 11) is 0. The molecule has 0 bridgehead atoms. The summed E-state index contributed by atoms with van der Waals surface area (Å²) in [6.07, 6.45) is 6.19. The van der Waals surface area contributed by atoms with Gasteiger partial charge in [0.1, 0.15) is 11.5 Å². The molecule has 1 aromatic heterocycles. The molecule has 0 fully saturated rings. The molecule has 0 atom stereocenters. The van der Waals surface area contributed by atoms with Crippen molar-refractivity contribution < 1.29 is 0 Å². The predicted molar refractivity (Wildman–Crippen MR) is 86.9 cm³/mol. The van der Waals surface area contributed by atoms with Gasteiger partial charge in [0, 0.05) is 29.3 Å². The second-order valence-corrected chi connectivity index (χ2v) is 4.39. The zero-order chi connectivity index (χ0) is 15.1. The van der Waals surface area contributed by atoms with E-state index >= 15 is 0 Å². The smallest absolute Gasteiger partial charge is 0.179 e. The van der Waals surface area contributed by atoms with Gasteiger partial charge in [0.05, 0.1) is 0 Å². The molecule has 6 heteroatoms. The molecule has 2 rings (SSSR count). The van der Waals surface area contributed by atoms with Gasteiger partial charge in [-0.3, -0.25) is 0 Å². The third-order valence-electron chi connectivity index (χ3n) is 2.50. The number of hydrogen-bond acceptors (Lipinski definition) is 4. The van der Waals surface area contributed by atoms with Crippen molar-refractivity contribution in [2.45, 2.75) is 0 Å². The highest BCUT2D eigenvalue weighted by atomic mass is 35.5. The van der Waals surface area contributed by atoms with Crippen molar-refractivity contribution in [2.24, 2.45) is 10.7 Å². The standard InChI is InChI=1S/C15H14ClN5/c1-2-14(20-12-6-4-11(16)5-7-12)21-13(10-17)15-18-8-3-9-19-15/h2-10H,1,17H2,(H,20,21)/b13-10-. The van der Waals surface area contributed by atoms with Crippen LogP contribution in [0.5, 0.6) is 0 Å². The van der Waals surface area contributed by atoms with Gasteiger partial charge >= 0.3 is 0 Å². The molecule has 0 unspecified atom stereocenters. The molecule has 0 aliphatic carbocycles. The minimum absolute atomic E-state index is 0.442. The zero-order valence-electron chi connectivity index (χ0n) is 11.2. The second-order valence-electron chi connectivity index (χ2n) is 3.96. The highest BCUT2D eigenvalue weighted by molar-refractivity contribution is 6.30. The van der Waals surface area contributed by atoms with Crippen LogP contribution in [0, 0.1) is 0 Å². The lowest BCUT2D eigenvalue weighted by Gasteiger charge is -2.07. The van der Waals surface area contributed by atoms with E-state index in [1.54, 1.807) is 36.7 Å². The molecule has 3 N–H and O–H groups in total. The third kappa shape index (κ3) is 4.15. The normalized spacial score (nSPS) is 12.0. The summed E-state index contributed by atoms with van der Waals surface area (Å²) in [6, 6.07) is 8.97. The van der Waals surface area contributed by atoms with Crippen LogP contribution in [0.15, 0.2) is 66.6 Å². The molecule has 0 aliphatic heterocycles. The van der Waals surface area contributed by atoms with Gasteiger partial charge in [-0.15, -0.1) is 0 Å². The Bertz CT molecular complexity index is 662. The maximum Gasteiger partial charge on any atom is 0.179 e. The first-order chi connectivity index (χ1) is 10.2. The van der Waals surface area contributed by atoms with Gasteiger partial charge in [-0.05, 0) is 36.4 Å². The van der Waals surface area contributed by atoms with Crippen LogP contribution in [-0.4, -0.2) is 15.8 Å². The van der Waals surface area contributed by atoms with Crippen LogP contribution in [0.2, 0.25) is 5.02 Å². The van der Waals surface area contributed by atoms with E-state index in [4.69, 9.17) is 17.3 Å². The summed E-state index contributed by atoms with van der Waals surface area (Å²) in [5.41, 5.74) is 6.88. The average Bonchev–Trinajstić information content (AvgIpc) is 2.54. The molecule has 5 nitrogen and oxygen atoms in total. The van der Waals surface area contributed by atoms with Crippen molar-refractivity contribution in [2.75, 3.05) is 5.32 Å². The number of rotatable bonds is 4. The number of hydrogen-bond donors (Lipinski definition) is 2. The van der Waals surface area contributed by atoms with Crippen molar-refractivity contribution >= 4 is 28.8 Å². The fourth-order valence-corrected chi connectivity index (χ4v) is 1.65. The number of anilines is 1. The number of nitrogens with one attached hydrogen (secondary N) is 1. The van der Waals surface area contributed by atoms with Gasteiger partial charge in [-0.1, -0.05) is 18.2 Å². The SMILES string of the molecule is C=CC(=N/C(=C\N)c1ncccn1)Nc1ccc(Cl)cc1. The molecule has 0 radical (unpaired) electrons. The molecular weight excluding hydrogens is 286 g/mol. The summed E-state index contributed by atoms with van der Waals surface area (Å²) in [6.45, 7) is 3.73. The fraction of sp³-hybridized carbons (Fsp3) is 0. The second kappa shape index (κ2) is 7.21. The van der Waals surface area contributed by atoms with Gasteiger partial charge in [-0.2, -0.15) is 0 Å². The summed E-state index contributed by atoms with van der Waals surface area (Å²) in [5, 5.41) is 3.78. The van der Waals surface area contributed by atoms with E-state index < -0.39 is 0 Å². The minimum Gasteiger partial charge on any atom is -0.403 e. The maximum atomic E-state index is 5.85. The van der Waals surface area contributed by atoms with E-state index in [0.717, 1.165) is 5.69 Å². The molecule has 0 aliphatic rings. The van der Waals surface area contributed by atoms with Crippen LogP contribution >= 0.6 is 11.6 Å². The first-order valence-electron chi connectivity index (χ1n) is 6.16. The molecule has 0 saturated carbocycles. The van der Waals surface area contributed by atoms with Crippen LogP contribution in [0.25, 0.3) is 5.70 Å². The summed E-state index contributed by atoms with van der Waals surface area (Å²) >= 11 is 5.85. The molecule has 106 valence electrons. The Morgan fingerprint density at radius 3 is 2.48 bits per heavy atom. The Labute approximate surface area is 127 Å². The molecule has 1 heterocycles. The minimum atomic E-state index is 0.442. The van der Waals surface area contributed by atoms with Crippen LogP contribution in [0.1, 0.15) is 5.82 Å². The lowest BCUT2D eigenvalue weighted by Crippen LogP contribution is -2.09. The first kappa shape index (κ1) is 14.7.